The van der Waals surface area contributed by atoms with Gasteiger partial charge in [-0.3, -0.25) is 9.88 Å². The predicted molar refractivity (Wildman–Crippen MR) is 156 cm³/mol. The van der Waals surface area contributed by atoms with Crippen molar-refractivity contribution in [2.24, 2.45) is 0 Å². The van der Waals surface area contributed by atoms with Crippen LogP contribution in [0, 0.1) is 5.82 Å². The first-order valence-corrected chi connectivity index (χ1v) is 13.7. The summed E-state index contributed by atoms with van der Waals surface area (Å²) in [6.45, 7) is 3.73. The largest absolute Gasteiger partial charge is 0.464 e. The number of fused-ring (bicyclic) bond motifs is 3. The third-order valence-corrected chi connectivity index (χ3v) is 7.62. The molecule has 0 saturated carbocycles. The summed E-state index contributed by atoms with van der Waals surface area (Å²) in [6.07, 6.45) is 4.72. The maximum atomic E-state index is 14.8. The number of anilines is 2. The molecular formula is C29H27FN10O3. The first-order chi connectivity index (χ1) is 21.0. The molecule has 0 aliphatic carbocycles. The van der Waals surface area contributed by atoms with E-state index in [2.05, 4.69) is 29.9 Å². The van der Waals surface area contributed by atoms with Crippen LogP contribution in [-0.2, 0) is 11.3 Å². The molecule has 0 amide bonds. The molecule has 13 nitrogen and oxygen atoms in total. The Balaban J connectivity index is 1.13. The van der Waals surface area contributed by atoms with Crippen molar-refractivity contribution in [3.05, 3.63) is 72.6 Å². The smallest absolute Gasteiger partial charge is 0.354 e. The number of oxazole rings is 1. The van der Waals surface area contributed by atoms with Crippen molar-refractivity contribution in [1.29, 1.82) is 0 Å². The molecule has 0 spiro atoms. The van der Waals surface area contributed by atoms with Gasteiger partial charge in [0.1, 0.15) is 29.1 Å². The molecule has 14 heteroatoms. The van der Waals surface area contributed by atoms with Gasteiger partial charge in [-0.25, -0.2) is 19.2 Å². The van der Waals surface area contributed by atoms with Crippen LogP contribution in [0.15, 0.2) is 65.5 Å². The maximum Gasteiger partial charge on any atom is 0.354 e. The van der Waals surface area contributed by atoms with Crippen LogP contribution >= 0.6 is 0 Å². The fourth-order valence-corrected chi connectivity index (χ4v) is 5.44. The Labute approximate surface area is 244 Å². The van der Waals surface area contributed by atoms with Crippen LogP contribution in [0.1, 0.15) is 10.5 Å². The minimum atomic E-state index is -0.495. The molecule has 6 aromatic rings. The second-order valence-electron chi connectivity index (χ2n) is 10.1. The molecule has 2 N–H and O–H groups in total. The van der Waals surface area contributed by atoms with E-state index in [4.69, 9.17) is 14.9 Å². The van der Waals surface area contributed by atoms with Crippen LogP contribution < -0.4 is 10.6 Å². The van der Waals surface area contributed by atoms with E-state index in [1.807, 2.05) is 23.1 Å². The number of nitrogens with two attached hydrogens (primary N) is 1. The first-order valence-electron chi connectivity index (χ1n) is 13.7. The number of aromatic nitrogens is 7. The van der Waals surface area contributed by atoms with E-state index in [0.717, 1.165) is 5.56 Å². The normalized spacial score (nSPS) is 14.1. The van der Waals surface area contributed by atoms with Gasteiger partial charge in [-0.05, 0) is 36.4 Å². The van der Waals surface area contributed by atoms with Gasteiger partial charge in [0.25, 0.3) is 0 Å². The third kappa shape index (κ3) is 4.80. The van der Waals surface area contributed by atoms with E-state index in [1.165, 1.54) is 24.0 Å². The predicted octanol–water partition coefficient (Wildman–Crippen LogP) is 3.13. The van der Waals surface area contributed by atoms with Crippen LogP contribution in [0.4, 0.5) is 16.0 Å². The average Bonchev–Trinajstić information content (AvgIpc) is 3.80. The van der Waals surface area contributed by atoms with E-state index in [0.29, 0.717) is 84.7 Å². The van der Waals surface area contributed by atoms with Gasteiger partial charge < -0.3 is 24.4 Å². The number of methoxy groups -OCH3 is 1. The number of ether oxygens (including phenoxy) is 1. The zero-order valence-corrected chi connectivity index (χ0v) is 23.2. The maximum absolute atomic E-state index is 14.8. The molecule has 43 heavy (non-hydrogen) atoms. The highest BCUT2D eigenvalue weighted by Crippen LogP contribution is 2.29. The minimum Gasteiger partial charge on any atom is -0.464 e. The lowest BCUT2D eigenvalue weighted by Crippen LogP contribution is -2.47. The topological polar surface area (TPSA) is 146 Å². The lowest BCUT2D eigenvalue weighted by atomic mass is 10.1. The van der Waals surface area contributed by atoms with Gasteiger partial charge in [0.05, 0.1) is 24.4 Å². The van der Waals surface area contributed by atoms with Gasteiger partial charge in [0.2, 0.25) is 17.7 Å². The van der Waals surface area contributed by atoms with E-state index < -0.39 is 5.97 Å². The number of hydrogen-bond acceptors (Lipinski definition) is 11. The number of nitrogen functional groups attached to an aromatic ring is 1. The van der Waals surface area contributed by atoms with Crippen molar-refractivity contribution in [3.8, 4) is 23.0 Å². The standard InChI is InChI=1S/C29H27FN10O3/c1-42-28(41)23-17-19-25(35-29(31)40-26(19)34-24(36-40)21-4-2-3-7-32-21)39(23)14-11-37-9-12-38(13-10-37)22-16-18(5-6-20(22)30)27-33-8-15-43-27/h2-8,15-17H,9-14H2,1H3,(H2,31,35). The van der Waals surface area contributed by atoms with Gasteiger partial charge in [-0.15, -0.1) is 5.10 Å². The van der Waals surface area contributed by atoms with Gasteiger partial charge in [0.15, 0.2) is 5.65 Å². The zero-order chi connectivity index (χ0) is 29.5. The van der Waals surface area contributed by atoms with Gasteiger partial charge >= 0.3 is 5.97 Å². The Bertz CT molecular complexity index is 1930. The summed E-state index contributed by atoms with van der Waals surface area (Å²) in [7, 11) is 1.34. The van der Waals surface area contributed by atoms with Crippen molar-refractivity contribution >= 4 is 34.3 Å². The van der Waals surface area contributed by atoms with E-state index in [9.17, 15) is 9.18 Å². The van der Waals surface area contributed by atoms with Crippen molar-refractivity contribution in [1.82, 2.24) is 39.0 Å². The molecule has 1 aromatic carbocycles. The number of benzene rings is 1. The molecule has 6 heterocycles. The molecule has 0 unspecified atom stereocenters. The Kier molecular flexibility index (Phi) is 6.66. The van der Waals surface area contributed by atoms with Crippen molar-refractivity contribution in [2.75, 3.05) is 50.5 Å². The molecule has 218 valence electrons. The molecule has 1 aliphatic rings. The molecule has 0 atom stereocenters. The van der Waals surface area contributed by atoms with Crippen LogP contribution in [-0.4, -0.2) is 84.8 Å². The minimum absolute atomic E-state index is 0.135. The Hall–Kier alpha value is -5.37. The summed E-state index contributed by atoms with van der Waals surface area (Å²) in [5, 5.41) is 5.12. The van der Waals surface area contributed by atoms with Gasteiger partial charge in [0, 0.05) is 51.0 Å². The first kappa shape index (κ1) is 26.5. The number of pyridine rings is 1. The number of carbonyl (C=O) groups excluding carboxylic acids is 1. The Morgan fingerprint density at radius 1 is 1.02 bits per heavy atom. The van der Waals surface area contributed by atoms with Crippen molar-refractivity contribution < 1.29 is 18.3 Å². The molecule has 7 rings (SSSR count). The number of nitrogens with zero attached hydrogens (tertiary/aromatic N) is 9. The number of esters is 1. The van der Waals surface area contributed by atoms with E-state index >= 15 is 0 Å². The molecule has 1 saturated heterocycles. The molecule has 0 radical (unpaired) electrons. The average molecular weight is 583 g/mol. The molecule has 1 fully saturated rings. The number of carbonyl (C=O) groups is 1. The molecule has 1 aliphatic heterocycles. The van der Waals surface area contributed by atoms with Crippen LogP contribution in [0.2, 0.25) is 0 Å². The second-order valence-corrected chi connectivity index (χ2v) is 10.1. The highest BCUT2D eigenvalue weighted by Gasteiger charge is 2.25. The number of halogens is 1. The quantitative estimate of drug-likeness (QED) is 0.277. The number of piperazine rings is 1. The highest BCUT2D eigenvalue weighted by molar-refractivity contribution is 6.00. The van der Waals surface area contributed by atoms with E-state index in [1.54, 1.807) is 35.2 Å². The second kappa shape index (κ2) is 10.8. The molecule has 0 bridgehead atoms. The van der Waals surface area contributed by atoms with Crippen molar-refractivity contribution in [3.63, 3.8) is 0 Å². The van der Waals surface area contributed by atoms with E-state index in [-0.39, 0.29) is 11.8 Å². The summed E-state index contributed by atoms with van der Waals surface area (Å²) in [4.78, 5) is 34.9. The van der Waals surface area contributed by atoms with Gasteiger partial charge in [-0.2, -0.15) is 9.50 Å². The summed E-state index contributed by atoms with van der Waals surface area (Å²) in [5.41, 5.74) is 9.45. The summed E-state index contributed by atoms with van der Waals surface area (Å²) >= 11 is 0. The monoisotopic (exact) mass is 582 g/mol. The zero-order valence-electron chi connectivity index (χ0n) is 23.2. The number of rotatable bonds is 7. The van der Waals surface area contributed by atoms with Gasteiger partial charge in [-0.1, -0.05) is 6.07 Å². The van der Waals surface area contributed by atoms with Crippen LogP contribution in [0.3, 0.4) is 0 Å². The molecular weight excluding hydrogens is 555 g/mol. The summed E-state index contributed by atoms with van der Waals surface area (Å²) in [5.74, 6) is 0.195. The fraction of sp³-hybridized carbons (Fsp3) is 0.241. The third-order valence-electron chi connectivity index (χ3n) is 7.62. The molecule has 5 aromatic heterocycles. The Morgan fingerprint density at radius 2 is 1.88 bits per heavy atom. The van der Waals surface area contributed by atoms with Crippen LogP contribution in [0.5, 0.6) is 0 Å². The summed E-state index contributed by atoms with van der Waals surface area (Å²) < 4.78 is 28.5. The fourth-order valence-electron chi connectivity index (χ4n) is 5.44. The lowest BCUT2D eigenvalue weighted by molar-refractivity contribution is 0.0588. The highest BCUT2D eigenvalue weighted by atomic mass is 19.1. The lowest BCUT2D eigenvalue weighted by Gasteiger charge is -2.36. The SMILES string of the molecule is COC(=O)c1cc2c(nc(N)n3nc(-c4ccccn4)nc23)n1CCN1CCN(c2cc(-c3ncco3)ccc2F)CC1. The van der Waals surface area contributed by atoms with Crippen molar-refractivity contribution in [2.45, 2.75) is 6.54 Å². The summed E-state index contributed by atoms with van der Waals surface area (Å²) in [6, 6.07) is 12.1. The number of hydrogen-bond donors (Lipinski definition) is 1. The van der Waals surface area contributed by atoms with Crippen LogP contribution in [0.25, 0.3) is 39.7 Å². The Morgan fingerprint density at radius 3 is 2.63 bits per heavy atom.